The number of nitrogens with zero attached hydrogens (tertiary/aromatic N) is 1. The lowest BCUT2D eigenvalue weighted by Gasteiger charge is -2.24. The van der Waals surface area contributed by atoms with E-state index in [9.17, 15) is 19.5 Å². The van der Waals surface area contributed by atoms with E-state index in [1.165, 1.54) is 4.90 Å². The van der Waals surface area contributed by atoms with Crippen LogP contribution in [0.15, 0.2) is 72.8 Å². The van der Waals surface area contributed by atoms with E-state index in [0.717, 1.165) is 27.8 Å². The highest BCUT2D eigenvalue weighted by molar-refractivity contribution is 6.02. The highest BCUT2D eigenvalue weighted by Crippen LogP contribution is 2.44. The van der Waals surface area contributed by atoms with Crippen molar-refractivity contribution in [1.29, 1.82) is 0 Å². The minimum Gasteiger partial charge on any atom is -0.480 e. The molecule has 7 heteroatoms. The first kappa shape index (κ1) is 22.7. The average Bonchev–Trinajstić information content (AvgIpc) is 3.39. The first-order chi connectivity index (χ1) is 16.9. The van der Waals surface area contributed by atoms with Gasteiger partial charge in [0.25, 0.3) is 0 Å². The van der Waals surface area contributed by atoms with E-state index in [-0.39, 0.29) is 31.3 Å². The second-order valence-electron chi connectivity index (χ2n) is 9.03. The molecule has 2 atom stereocenters. The molecule has 3 aromatic carbocycles. The summed E-state index contributed by atoms with van der Waals surface area (Å²) in [7, 11) is 0. The zero-order valence-electron chi connectivity index (χ0n) is 19.3. The molecule has 1 heterocycles. The number of para-hydroxylation sites is 1. The van der Waals surface area contributed by atoms with Crippen LogP contribution in [0.25, 0.3) is 11.1 Å². The zero-order chi connectivity index (χ0) is 24.5. The molecule has 1 aliphatic carbocycles. The second-order valence-corrected chi connectivity index (χ2v) is 9.03. The van der Waals surface area contributed by atoms with Crippen LogP contribution in [0, 0.1) is 0 Å². The molecule has 2 aliphatic rings. The summed E-state index contributed by atoms with van der Waals surface area (Å²) >= 11 is 0. The number of ether oxygens (including phenoxy) is 1. The standard InChI is InChI=1S/C28H26N2O5/c1-17(14-26(31)30-24-13-7-2-8-18(24)15-25(30)27(32)33)29-28(34)35-16-23-21-11-5-3-9-19(21)20-10-4-6-12-22(20)23/h2-13,17,23,25H,14-16H2,1H3,(H,29,34)(H,32,33). The van der Waals surface area contributed by atoms with Crippen molar-refractivity contribution in [2.24, 2.45) is 0 Å². The summed E-state index contributed by atoms with van der Waals surface area (Å²) in [5, 5.41) is 12.3. The Morgan fingerprint density at radius 1 is 0.971 bits per heavy atom. The molecule has 2 unspecified atom stereocenters. The minimum absolute atomic E-state index is 0.0394. The van der Waals surface area contributed by atoms with Gasteiger partial charge in [-0.05, 0) is 40.8 Å². The molecule has 2 amide bonds. The van der Waals surface area contributed by atoms with Crippen molar-refractivity contribution < 1.29 is 24.2 Å². The molecule has 0 aromatic heterocycles. The van der Waals surface area contributed by atoms with E-state index in [1.54, 1.807) is 19.1 Å². The van der Waals surface area contributed by atoms with E-state index in [2.05, 4.69) is 29.6 Å². The van der Waals surface area contributed by atoms with Gasteiger partial charge in [0.2, 0.25) is 5.91 Å². The Labute approximate surface area is 203 Å². The number of nitrogens with one attached hydrogen (secondary N) is 1. The maximum atomic E-state index is 13.0. The molecular weight excluding hydrogens is 444 g/mol. The summed E-state index contributed by atoms with van der Waals surface area (Å²) in [5.74, 6) is -1.46. The van der Waals surface area contributed by atoms with Crippen LogP contribution in [0.5, 0.6) is 0 Å². The highest BCUT2D eigenvalue weighted by Gasteiger charge is 2.38. The molecule has 0 spiro atoms. The number of aliphatic carboxylic acids is 1. The Morgan fingerprint density at radius 3 is 2.23 bits per heavy atom. The van der Waals surface area contributed by atoms with Gasteiger partial charge in [-0.3, -0.25) is 9.69 Å². The van der Waals surface area contributed by atoms with Gasteiger partial charge in [0.15, 0.2) is 0 Å². The van der Waals surface area contributed by atoms with Crippen molar-refractivity contribution in [2.75, 3.05) is 11.5 Å². The SMILES string of the molecule is CC(CC(=O)N1c2ccccc2CC1C(=O)O)NC(=O)OCC1c2ccccc2-c2ccccc21. The fourth-order valence-electron chi connectivity index (χ4n) is 5.14. The predicted molar refractivity (Wildman–Crippen MR) is 131 cm³/mol. The number of alkyl carbamates (subject to hydrolysis) is 1. The number of carboxylic acids is 1. The maximum Gasteiger partial charge on any atom is 0.407 e. The Hall–Kier alpha value is -4.13. The number of carboxylic acid groups (broad SMARTS) is 1. The van der Waals surface area contributed by atoms with Crippen molar-refractivity contribution in [2.45, 2.75) is 37.8 Å². The number of anilines is 1. The fourth-order valence-corrected chi connectivity index (χ4v) is 5.14. The largest absolute Gasteiger partial charge is 0.480 e. The van der Waals surface area contributed by atoms with Crippen LogP contribution in [0.2, 0.25) is 0 Å². The molecular formula is C28H26N2O5. The third-order valence-corrected chi connectivity index (χ3v) is 6.72. The normalized spacial score (nSPS) is 16.7. The lowest BCUT2D eigenvalue weighted by molar-refractivity contribution is -0.140. The third kappa shape index (κ3) is 4.25. The first-order valence-electron chi connectivity index (χ1n) is 11.7. The van der Waals surface area contributed by atoms with E-state index in [4.69, 9.17) is 4.74 Å². The van der Waals surface area contributed by atoms with E-state index in [1.807, 2.05) is 36.4 Å². The Kier molecular flexibility index (Phi) is 5.99. The van der Waals surface area contributed by atoms with Crippen LogP contribution in [-0.2, 0) is 20.7 Å². The third-order valence-electron chi connectivity index (χ3n) is 6.72. The molecule has 0 radical (unpaired) electrons. The van der Waals surface area contributed by atoms with Gasteiger partial charge in [-0.2, -0.15) is 0 Å². The Balaban J connectivity index is 1.21. The van der Waals surface area contributed by atoms with Crippen LogP contribution in [0.3, 0.4) is 0 Å². The quantitative estimate of drug-likeness (QED) is 0.559. The number of rotatable bonds is 6. The lowest BCUT2D eigenvalue weighted by Crippen LogP contribution is -2.45. The van der Waals surface area contributed by atoms with Gasteiger partial charge in [0.05, 0.1) is 0 Å². The lowest BCUT2D eigenvalue weighted by atomic mass is 9.98. The van der Waals surface area contributed by atoms with Gasteiger partial charge < -0.3 is 15.2 Å². The number of benzene rings is 3. The van der Waals surface area contributed by atoms with Gasteiger partial charge in [-0.15, -0.1) is 0 Å². The van der Waals surface area contributed by atoms with Crippen molar-refractivity contribution in [3.63, 3.8) is 0 Å². The molecule has 0 saturated carbocycles. The summed E-state index contributed by atoms with van der Waals surface area (Å²) in [6.07, 6.45) is -0.378. The summed E-state index contributed by atoms with van der Waals surface area (Å²) in [6, 6.07) is 21.9. The van der Waals surface area contributed by atoms with Crippen LogP contribution >= 0.6 is 0 Å². The molecule has 7 nitrogen and oxygen atoms in total. The Bertz CT molecular complexity index is 1260. The van der Waals surface area contributed by atoms with Crippen LogP contribution < -0.4 is 10.2 Å². The maximum absolute atomic E-state index is 13.0. The first-order valence-corrected chi connectivity index (χ1v) is 11.7. The summed E-state index contributed by atoms with van der Waals surface area (Å²) in [5.41, 5.74) is 5.97. The van der Waals surface area contributed by atoms with Gasteiger partial charge in [-0.1, -0.05) is 66.7 Å². The number of hydrogen-bond donors (Lipinski definition) is 2. The minimum atomic E-state index is -1.05. The van der Waals surface area contributed by atoms with Crippen molar-refractivity contribution in [3.8, 4) is 11.1 Å². The number of carbonyl (C=O) groups excluding carboxylic acids is 2. The van der Waals surface area contributed by atoms with Crippen molar-refractivity contribution in [1.82, 2.24) is 5.32 Å². The molecule has 5 rings (SSSR count). The summed E-state index contributed by atoms with van der Waals surface area (Å²) < 4.78 is 5.56. The van der Waals surface area contributed by atoms with Crippen LogP contribution in [-0.4, -0.2) is 41.8 Å². The zero-order valence-corrected chi connectivity index (χ0v) is 19.3. The number of amides is 2. The molecule has 2 N–H and O–H groups in total. The highest BCUT2D eigenvalue weighted by atomic mass is 16.5. The summed E-state index contributed by atoms with van der Waals surface area (Å²) in [6.45, 7) is 1.89. The number of fused-ring (bicyclic) bond motifs is 4. The van der Waals surface area contributed by atoms with Crippen molar-refractivity contribution in [3.05, 3.63) is 89.5 Å². The molecule has 1 aliphatic heterocycles. The Morgan fingerprint density at radius 2 is 1.57 bits per heavy atom. The van der Waals surface area contributed by atoms with Crippen LogP contribution in [0.1, 0.15) is 36.0 Å². The second kappa shape index (κ2) is 9.25. The molecule has 0 fully saturated rings. The van der Waals surface area contributed by atoms with E-state index < -0.39 is 24.1 Å². The number of carbonyl (C=O) groups is 3. The van der Waals surface area contributed by atoms with E-state index >= 15 is 0 Å². The van der Waals surface area contributed by atoms with Crippen LogP contribution in [0.4, 0.5) is 10.5 Å². The molecule has 178 valence electrons. The van der Waals surface area contributed by atoms with E-state index in [0.29, 0.717) is 5.69 Å². The fraction of sp³-hybridized carbons (Fsp3) is 0.250. The van der Waals surface area contributed by atoms with Gasteiger partial charge >= 0.3 is 12.1 Å². The molecule has 35 heavy (non-hydrogen) atoms. The molecule has 0 saturated heterocycles. The molecule has 0 bridgehead atoms. The summed E-state index contributed by atoms with van der Waals surface area (Å²) in [4.78, 5) is 38.7. The number of hydrogen-bond acceptors (Lipinski definition) is 4. The van der Waals surface area contributed by atoms with Crippen molar-refractivity contribution >= 4 is 23.7 Å². The predicted octanol–water partition coefficient (Wildman–Crippen LogP) is 4.35. The van der Waals surface area contributed by atoms with Gasteiger partial charge in [0, 0.05) is 30.5 Å². The van der Waals surface area contributed by atoms with Gasteiger partial charge in [0.1, 0.15) is 12.6 Å². The van der Waals surface area contributed by atoms with Gasteiger partial charge in [-0.25, -0.2) is 9.59 Å². The smallest absolute Gasteiger partial charge is 0.407 e. The average molecular weight is 471 g/mol. The topological polar surface area (TPSA) is 95.9 Å². The monoisotopic (exact) mass is 470 g/mol. The molecule has 3 aromatic rings.